The third-order valence-corrected chi connectivity index (χ3v) is 4.38. The van der Waals surface area contributed by atoms with Crippen LogP contribution in [-0.4, -0.2) is 17.3 Å². The average molecular weight is 232 g/mol. The Morgan fingerprint density at radius 3 is 2.65 bits per heavy atom. The van der Waals surface area contributed by atoms with Gasteiger partial charge in [-0.1, -0.05) is 30.3 Å². The van der Waals surface area contributed by atoms with Crippen molar-refractivity contribution in [3.63, 3.8) is 0 Å². The smallest absolute Gasteiger partial charge is 0.0820 e. The topological polar surface area (TPSA) is 29.5 Å². The van der Waals surface area contributed by atoms with E-state index in [2.05, 4.69) is 0 Å². The Bertz CT molecular complexity index is 370. The standard InChI is InChI=1S/C15H20O2/c16-14(12-5-2-1-3-6-12)13-7-10-17-15(11-13)8-4-9-15/h1-3,5-6,13-14,16H,4,7-11H2. The molecule has 2 atom stereocenters. The highest BCUT2D eigenvalue weighted by Crippen LogP contribution is 2.47. The van der Waals surface area contributed by atoms with Gasteiger partial charge in [-0.3, -0.25) is 0 Å². The molecule has 2 fully saturated rings. The van der Waals surface area contributed by atoms with E-state index < -0.39 is 0 Å². The van der Waals surface area contributed by atoms with Crippen LogP contribution in [0, 0.1) is 5.92 Å². The van der Waals surface area contributed by atoms with Crippen LogP contribution in [0.25, 0.3) is 0 Å². The second kappa shape index (κ2) is 4.43. The van der Waals surface area contributed by atoms with Gasteiger partial charge in [-0.25, -0.2) is 0 Å². The van der Waals surface area contributed by atoms with Gasteiger partial charge in [0.25, 0.3) is 0 Å². The Morgan fingerprint density at radius 2 is 2.00 bits per heavy atom. The van der Waals surface area contributed by atoms with E-state index in [1.165, 1.54) is 19.3 Å². The molecule has 2 nitrogen and oxygen atoms in total. The SMILES string of the molecule is OC(c1ccccc1)C1CCOC2(CCC2)C1. The zero-order chi connectivity index (χ0) is 11.7. The number of hydrogen-bond acceptors (Lipinski definition) is 2. The van der Waals surface area contributed by atoms with E-state index in [4.69, 9.17) is 4.74 Å². The minimum Gasteiger partial charge on any atom is -0.388 e. The molecule has 0 amide bonds. The fraction of sp³-hybridized carbons (Fsp3) is 0.600. The van der Waals surface area contributed by atoms with Crippen LogP contribution in [0.4, 0.5) is 0 Å². The van der Waals surface area contributed by atoms with Gasteiger partial charge in [-0.05, 0) is 43.6 Å². The molecule has 1 saturated carbocycles. The second-order valence-electron chi connectivity index (χ2n) is 5.49. The normalized spacial score (nSPS) is 28.6. The van der Waals surface area contributed by atoms with E-state index in [9.17, 15) is 5.11 Å². The highest BCUT2D eigenvalue weighted by molar-refractivity contribution is 5.18. The molecule has 1 aliphatic heterocycles. The number of ether oxygens (including phenoxy) is 1. The molecule has 3 rings (SSSR count). The van der Waals surface area contributed by atoms with Crippen molar-refractivity contribution >= 4 is 0 Å². The molecule has 0 aromatic heterocycles. The summed E-state index contributed by atoms with van der Waals surface area (Å²) in [5.41, 5.74) is 1.17. The van der Waals surface area contributed by atoms with Crippen molar-refractivity contribution in [2.24, 2.45) is 5.92 Å². The average Bonchev–Trinajstić information content (AvgIpc) is 2.37. The fourth-order valence-corrected chi connectivity index (χ4v) is 3.18. The van der Waals surface area contributed by atoms with Crippen molar-refractivity contribution < 1.29 is 9.84 Å². The molecule has 92 valence electrons. The maximum atomic E-state index is 10.4. The molecule has 2 unspecified atom stereocenters. The Hall–Kier alpha value is -0.860. The van der Waals surface area contributed by atoms with Crippen LogP contribution in [0.5, 0.6) is 0 Å². The van der Waals surface area contributed by atoms with E-state index in [0.717, 1.165) is 25.0 Å². The van der Waals surface area contributed by atoms with Crippen LogP contribution in [0.3, 0.4) is 0 Å². The van der Waals surface area contributed by atoms with Crippen molar-refractivity contribution in [2.75, 3.05) is 6.61 Å². The van der Waals surface area contributed by atoms with E-state index in [0.29, 0.717) is 5.92 Å². The van der Waals surface area contributed by atoms with Crippen molar-refractivity contribution in [3.05, 3.63) is 35.9 Å². The zero-order valence-electron chi connectivity index (χ0n) is 10.1. The number of aliphatic hydroxyl groups is 1. The molecule has 0 bridgehead atoms. The highest BCUT2D eigenvalue weighted by atomic mass is 16.5. The zero-order valence-corrected chi connectivity index (χ0v) is 10.1. The molecular weight excluding hydrogens is 212 g/mol. The summed E-state index contributed by atoms with van der Waals surface area (Å²) in [6.07, 6.45) is 5.35. The first-order valence-corrected chi connectivity index (χ1v) is 6.66. The summed E-state index contributed by atoms with van der Waals surface area (Å²) in [7, 11) is 0. The molecular formula is C15H20O2. The lowest BCUT2D eigenvalue weighted by Gasteiger charge is -2.48. The van der Waals surface area contributed by atoms with Gasteiger partial charge >= 0.3 is 0 Å². The first-order chi connectivity index (χ1) is 8.29. The Labute approximate surface area is 103 Å². The van der Waals surface area contributed by atoms with E-state index in [1.54, 1.807) is 0 Å². The predicted octanol–water partition coefficient (Wildman–Crippen LogP) is 3.07. The Morgan fingerprint density at radius 1 is 1.24 bits per heavy atom. The first kappa shape index (κ1) is 11.2. The van der Waals surface area contributed by atoms with Crippen LogP contribution >= 0.6 is 0 Å². The summed E-state index contributed by atoms with van der Waals surface area (Å²) in [6, 6.07) is 10.0. The van der Waals surface area contributed by atoms with Crippen LogP contribution in [0.2, 0.25) is 0 Å². The van der Waals surface area contributed by atoms with Crippen molar-refractivity contribution in [1.82, 2.24) is 0 Å². The lowest BCUT2D eigenvalue weighted by atomic mass is 9.70. The summed E-state index contributed by atoms with van der Waals surface area (Å²) in [6.45, 7) is 0.814. The predicted molar refractivity (Wildman–Crippen MR) is 66.7 cm³/mol. The van der Waals surface area contributed by atoms with Gasteiger partial charge in [0.2, 0.25) is 0 Å². The van der Waals surface area contributed by atoms with Gasteiger partial charge in [-0.2, -0.15) is 0 Å². The molecule has 1 heterocycles. The van der Waals surface area contributed by atoms with Gasteiger partial charge in [0.05, 0.1) is 11.7 Å². The minimum absolute atomic E-state index is 0.124. The maximum Gasteiger partial charge on any atom is 0.0820 e. The lowest BCUT2D eigenvalue weighted by Crippen LogP contribution is -2.46. The van der Waals surface area contributed by atoms with Gasteiger partial charge in [0.15, 0.2) is 0 Å². The number of benzene rings is 1. The third kappa shape index (κ3) is 2.12. The van der Waals surface area contributed by atoms with Gasteiger partial charge in [0, 0.05) is 6.61 Å². The van der Waals surface area contributed by atoms with Crippen LogP contribution in [0.1, 0.15) is 43.8 Å². The number of hydrogen-bond donors (Lipinski definition) is 1. The largest absolute Gasteiger partial charge is 0.388 e. The van der Waals surface area contributed by atoms with E-state index in [-0.39, 0.29) is 11.7 Å². The number of aliphatic hydroxyl groups excluding tert-OH is 1. The van der Waals surface area contributed by atoms with Crippen molar-refractivity contribution in [2.45, 2.75) is 43.8 Å². The van der Waals surface area contributed by atoms with Crippen LogP contribution in [-0.2, 0) is 4.74 Å². The molecule has 0 radical (unpaired) electrons. The Balaban J connectivity index is 1.71. The molecule has 2 heteroatoms. The van der Waals surface area contributed by atoms with Gasteiger partial charge in [-0.15, -0.1) is 0 Å². The summed E-state index contributed by atoms with van der Waals surface area (Å²) in [5.74, 6) is 0.367. The van der Waals surface area contributed by atoms with Gasteiger partial charge < -0.3 is 9.84 Å². The molecule has 1 aliphatic carbocycles. The molecule has 2 aliphatic rings. The molecule has 1 saturated heterocycles. The van der Waals surface area contributed by atoms with E-state index >= 15 is 0 Å². The lowest BCUT2D eigenvalue weighted by molar-refractivity contribution is -0.157. The third-order valence-electron chi connectivity index (χ3n) is 4.38. The second-order valence-corrected chi connectivity index (χ2v) is 5.49. The minimum atomic E-state index is -0.322. The van der Waals surface area contributed by atoms with Gasteiger partial charge in [0.1, 0.15) is 0 Å². The van der Waals surface area contributed by atoms with Crippen LogP contribution < -0.4 is 0 Å². The Kier molecular flexibility index (Phi) is 2.93. The quantitative estimate of drug-likeness (QED) is 0.849. The number of rotatable bonds is 2. The molecule has 1 aromatic rings. The molecule has 1 N–H and O–H groups in total. The summed E-state index contributed by atoms with van der Waals surface area (Å²) in [4.78, 5) is 0. The first-order valence-electron chi connectivity index (χ1n) is 6.66. The molecule has 1 spiro atoms. The molecule has 17 heavy (non-hydrogen) atoms. The van der Waals surface area contributed by atoms with E-state index in [1.807, 2.05) is 30.3 Å². The van der Waals surface area contributed by atoms with Crippen molar-refractivity contribution in [1.29, 1.82) is 0 Å². The maximum absolute atomic E-state index is 10.4. The monoisotopic (exact) mass is 232 g/mol. The summed E-state index contributed by atoms with van der Waals surface area (Å²) in [5, 5.41) is 10.4. The highest BCUT2D eigenvalue weighted by Gasteiger charge is 2.44. The summed E-state index contributed by atoms with van der Waals surface area (Å²) >= 11 is 0. The van der Waals surface area contributed by atoms with Crippen molar-refractivity contribution in [3.8, 4) is 0 Å². The summed E-state index contributed by atoms with van der Waals surface area (Å²) < 4.78 is 5.91. The van der Waals surface area contributed by atoms with Crippen LogP contribution in [0.15, 0.2) is 30.3 Å². The fourth-order valence-electron chi connectivity index (χ4n) is 3.18. The molecule has 1 aromatic carbocycles.